The van der Waals surface area contributed by atoms with Crippen LogP contribution in [0, 0.1) is 0 Å². The van der Waals surface area contributed by atoms with Gasteiger partial charge in [-0.3, -0.25) is 9.59 Å². The van der Waals surface area contributed by atoms with Crippen molar-refractivity contribution in [3.8, 4) is 5.75 Å². The summed E-state index contributed by atoms with van der Waals surface area (Å²) in [5, 5.41) is 0. The molecule has 1 rings (SSSR count). The number of hydrogen-bond donors (Lipinski definition) is 1. The van der Waals surface area contributed by atoms with E-state index in [1.807, 2.05) is 0 Å². The molecule has 0 aromatic heterocycles. The first-order chi connectivity index (χ1) is 9.11. The number of esters is 2. The van der Waals surface area contributed by atoms with Crippen LogP contribution in [0.3, 0.4) is 0 Å². The molecule has 2 N–H and O–H groups in total. The number of hydrogen-bond acceptors (Lipinski definition) is 6. The third kappa shape index (κ3) is 6.30. The molecule has 0 aliphatic heterocycles. The summed E-state index contributed by atoms with van der Waals surface area (Å²) in [6.07, 6.45) is 0.173. The number of nitrogen functional groups attached to an aromatic ring is 1. The molecule has 0 radical (unpaired) electrons. The van der Waals surface area contributed by atoms with Gasteiger partial charge < -0.3 is 19.9 Å². The number of rotatable bonds is 7. The van der Waals surface area contributed by atoms with Gasteiger partial charge in [0.25, 0.3) is 0 Å². The predicted molar refractivity (Wildman–Crippen MR) is 68.6 cm³/mol. The highest BCUT2D eigenvalue weighted by Gasteiger charge is 2.06. The Labute approximate surface area is 111 Å². The van der Waals surface area contributed by atoms with E-state index in [2.05, 4.69) is 4.74 Å². The lowest BCUT2D eigenvalue weighted by Crippen LogP contribution is -2.13. The average Bonchev–Trinajstić information content (AvgIpc) is 2.41. The molecular weight excluding hydrogens is 250 g/mol. The van der Waals surface area contributed by atoms with Crippen molar-refractivity contribution in [3.63, 3.8) is 0 Å². The van der Waals surface area contributed by atoms with Crippen molar-refractivity contribution in [3.05, 3.63) is 24.3 Å². The van der Waals surface area contributed by atoms with E-state index in [9.17, 15) is 9.59 Å². The quantitative estimate of drug-likeness (QED) is 0.589. The topological polar surface area (TPSA) is 87.8 Å². The molecule has 0 aliphatic carbocycles. The van der Waals surface area contributed by atoms with Crippen LogP contribution in [0.1, 0.15) is 12.8 Å². The van der Waals surface area contributed by atoms with E-state index in [4.69, 9.17) is 15.2 Å². The second kappa shape index (κ2) is 7.97. The van der Waals surface area contributed by atoms with E-state index in [1.54, 1.807) is 24.3 Å². The molecular formula is C13H17NO5. The number of carbonyl (C=O) groups is 2. The van der Waals surface area contributed by atoms with Crippen LogP contribution in [0.4, 0.5) is 5.69 Å². The van der Waals surface area contributed by atoms with Crippen molar-refractivity contribution in [1.29, 1.82) is 0 Å². The molecule has 1 aromatic carbocycles. The van der Waals surface area contributed by atoms with Crippen LogP contribution in [0.15, 0.2) is 24.3 Å². The number of benzene rings is 1. The minimum Gasteiger partial charge on any atom is -0.493 e. The van der Waals surface area contributed by atoms with Gasteiger partial charge in [0.15, 0.2) is 0 Å². The molecule has 6 heteroatoms. The van der Waals surface area contributed by atoms with Gasteiger partial charge in [0, 0.05) is 5.69 Å². The van der Waals surface area contributed by atoms with Gasteiger partial charge >= 0.3 is 11.9 Å². The molecule has 0 heterocycles. The van der Waals surface area contributed by atoms with E-state index in [0.717, 1.165) is 0 Å². The first kappa shape index (κ1) is 14.8. The molecule has 1 aromatic rings. The number of ether oxygens (including phenoxy) is 3. The lowest BCUT2D eigenvalue weighted by atomic mass is 10.3. The van der Waals surface area contributed by atoms with Crippen LogP contribution in [0.2, 0.25) is 0 Å². The zero-order chi connectivity index (χ0) is 14.1. The standard InChI is InChI=1S/C13H17NO5/c1-17-12(15)6-9-19-13(16)7-8-18-11-4-2-10(14)3-5-11/h2-5H,6-9,14H2,1H3. The number of anilines is 1. The summed E-state index contributed by atoms with van der Waals surface area (Å²) in [7, 11) is 1.28. The smallest absolute Gasteiger partial charge is 0.309 e. The van der Waals surface area contributed by atoms with Crippen molar-refractivity contribution in [2.24, 2.45) is 0 Å². The summed E-state index contributed by atoms with van der Waals surface area (Å²) in [4.78, 5) is 22.1. The summed E-state index contributed by atoms with van der Waals surface area (Å²) >= 11 is 0. The number of nitrogens with two attached hydrogens (primary N) is 1. The fourth-order valence-corrected chi connectivity index (χ4v) is 1.24. The summed E-state index contributed by atoms with van der Waals surface area (Å²) < 4.78 is 14.6. The van der Waals surface area contributed by atoms with Crippen LogP contribution < -0.4 is 10.5 Å². The second-order valence-corrected chi connectivity index (χ2v) is 3.71. The number of methoxy groups -OCH3 is 1. The van der Waals surface area contributed by atoms with Gasteiger partial charge in [0.05, 0.1) is 26.6 Å². The Morgan fingerprint density at radius 2 is 1.68 bits per heavy atom. The molecule has 0 aliphatic rings. The maximum absolute atomic E-state index is 11.3. The van der Waals surface area contributed by atoms with E-state index < -0.39 is 11.9 Å². The Hall–Kier alpha value is -2.24. The molecule has 19 heavy (non-hydrogen) atoms. The van der Waals surface area contributed by atoms with Crippen molar-refractivity contribution in [1.82, 2.24) is 0 Å². The van der Waals surface area contributed by atoms with Gasteiger partial charge in [-0.15, -0.1) is 0 Å². The minimum atomic E-state index is -0.417. The molecule has 0 fully saturated rings. The molecule has 0 saturated heterocycles. The summed E-state index contributed by atoms with van der Waals surface area (Å²) in [6.45, 7) is 0.231. The highest BCUT2D eigenvalue weighted by atomic mass is 16.5. The van der Waals surface area contributed by atoms with Gasteiger partial charge in [0.2, 0.25) is 0 Å². The predicted octanol–water partition coefficient (Wildman–Crippen LogP) is 1.14. The Bertz CT molecular complexity index is 416. The summed E-state index contributed by atoms with van der Waals surface area (Å²) in [5.74, 6) is -0.193. The largest absolute Gasteiger partial charge is 0.493 e. The first-order valence-corrected chi connectivity index (χ1v) is 5.82. The van der Waals surface area contributed by atoms with Gasteiger partial charge in [-0.05, 0) is 24.3 Å². The van der Waals surface area contributed by atoms with Gasteiger partial charge in [-0.2, -0.15) is 0 Å². The first-order valence-electron chi connectivity index (χ1n) is 5.82. The lowest BCUT2D eigenvalue weighted by Gasteiger charge is -2.06. The van der Waals surface area contributed by atoms with Crippen molar-refractivity contribution < 1.29 is 23.8 Å². The van der Waals surface area contributed by atoms with Crippen LogP contribution in [0.25, 0.3) is 0 Å². The number of carbonyl (C=O) groups excluding carboxylic acids is 2. The van der Waals surface area contributed by atoms with Gasteiger partial charge in [-0.25, -0.2) is 0 Å². The fraction of sp³-hybridized carbons (Fsp3) is 0.385. The van der Waals surface area contributed by atoms with E-state index >= 15 is 0 Å². The molecule has 0 atom stereocenters. The lowest BCUT2D eigenvalue weighted by molar-refractivity contribution is -0.148. The van der Waals surface area contributed by atoms with Crippen LogP contribution in [-0.4, -0.2) is 32.3 Å². The Kier molecular flexibility index (Phi) is 6.21. The van der Waals surface area contributed by atoms with E-state index in [-0.39, 0.29) is 26.1 Å². The maximum Gasteiger partial charge on any atom is 0.309 e. The van der Waals surface area contributed by atoms with E-state index in [1.165, 1.54) is 7.11 Å². The Morgan fingerprint density at radius 1 is 1.05 bits per heavy atom. The van der Waals surface area contributed by atoms with Gasteiger partial charge in [-0.1, -0.05) is 0 Å². The summed E-state index contributed by atoms with van der Waals surface area (Å²) in [6, 6.07) is 6.86. The van der Waals surface area contributed by atoms with Gasteiger partial charge in [0.1, 0.15) is 12.4 Å². The van der Waals surface area contributed by atoms with Crippen LogP contribution in [0.5, 0.6) is 5.75 Å². The van der Waals surface area contributed by atoms with Crippen molar-refractivity contribution in [2.75, 3.05) is 26.1 Å². The monoisotopic (exact) mass is 267 g/mol. The minimum absolute atomic E-state index is 0.0212. The molecule has 0 unspecified atom stereocenters. The average molecular weight is 267 g/mol. The highest BCUT2D eigenvalue weighted by molar-refractivity contribution is 5.71. The highest BCUT2D eigenvalue weighted by Crippen LogP contribution is 2.13. The Balaban J connectivity index is 2.13. The zero-order valence-corrected chi connectivity index (χ0v) is 10.8. The second-order valence-electron chi connectivity index (χ2n) is 3.71. The molecule has 6 nitrogen and oxygen atoms in total. The SMILES string of the molecule is COC(=O)CCOC(=O)CCOc1ccc(N)cc1. The maximum atomic E-state index is 11.3. The van der Waals surface area contributed by atoms with Crippen molar-refractivity contribution >= 4 is 17.6 Å². The van der Waals surface area contributed by atoms with Crippen LogP contribution in [-0.2, 0) is 19.1 Å². The fourth-order valence-electron chi connectivity index (χ4n) is 1.24. The molecule has 0 amide bonds. The van der Waals surface area contributed by atoms with Crippen LogP contribution >= 0.6 is 0 Å². The Morgan fingerprint density at radius 3 is 2.32 bits per heavy atom. The molecule has 0 saturated carbocycles. The third-order valence-corrected chi connectivity index (χ3v) is 2.25. The summed E-state index contributed by atoms with van der Waals surface area (Å²) in [5.41, 5.74) is 6.17. The third-order valence-electron chi connectivity index (χ3n) is 2.25. The van der Waals surface area contributed by atoms with E-state index in [0.29, 0.717) is 11.4 Å². The molecule has 0 spiro atoms. The molecule has 104 valence electrons. The van der Waals surface area contributed by atoms with Crippen molar-refractivity contribution in [2.45, 2.75) is 12.8 Å². The normalized spacial score (nSPS) is 9.74. The molecule has 0 bridgehead atoms. The zero-order valence-electron chi connectivity index (χ0n) is 10.8.